The molecule has 24 heavy (non-hydrogen) atoms. The molecule has 0 bridgehead atoms. The Labute approximate surface area is 142 Å². The molecule has 2 aromatic rings. The van der Waals surface area contributed by atoms with E-state index in [0.717, 1.165) is 30.6 Å². The predicted octanol–water partition coefficient (Wildman–Crippen LogP) is 3.09. The van der Waals surface area contributed by atoms with E-state index >= 15 is 0 Å². The van der Waals surface area contributed by atoms with Crippen LogP contribution in [-0.4, -0.2) is 24.9 Å². The van der Waals surface area contributed by atoms with E-state index < -0.39 is 0 Å². The van der Waals surface area contributed by atoms with Gasteiger partial charge in [-0.1, -0.05) is 35.9 Å². The van der Waals surface area contributed by atoms with Crippen molar-refractivity contribution in [1.82, 2.24) is 5.32 Å². The average molecular weight is 322 g/mol. The highest BCUT2D eigenvalue weighted by Crippen LogP contribution is 2.26. The molecule has 0 fully saturated rings. The lowest BCUT2D eigenvalue weighted by molar-refractivity contribution is -0.118. The Morgan fingerprint density at radius 3 is 2.79 bits per heavy atom. The van der Waals surface area contributed by atoms with Gasteiger partial charge in [-0.2, -0.15) is 0 Å². The van der Waals surface area contributed by atoms with Crippen molar-refractivity contribution in [2.75, 3.05) is 18.0 Å². The Morgan fingerprint density at radius 1 is 1.12 bits per heavy atom. The molecule has 0 saturated carbocycles. The number of aryl methyl sites for hydroxylation is 2. The van der Waals surface area contributed by atoms with Gasteiger partial charge in [-0.3, -0.25) is 9.59 Å². The Kier molecular flexibility index (Phi) is 4.94. The van der Waals surface area contributed by atoms with Crippen molar-refractivity contribution < 1.29 is 9.59 Å². The van der Waals surface area contributed by atoms with E-state index in [1.54, 1.807) is 6.07 Å². The van der Waals surface area contributed by atoms with E-state index in [1.165, 1.54) is 5.56 Å². The number of nitrogens with one attached hydrogen (secondary N) is 1. The van der Waals surface area contributed by atoms with Crippen molar-refractivity contribution in [3.05, 3.63) is 65.2 Å². The molecule has 1 aliphatic heterocycles. The summed E-state index contributed by atoms with van der Waals surface area (Å²) in [6.45, 7) is 3.06. The molecule has 2 amide bonds. The fraction of sp³-hybridized carbons (Fsp3) is 0.300. The number of benzene rings is 2. The summed E-state index contributed by atoms with van der Waals surface area (Å²) >= 11 is 0. The molecule has 0 aromatic heterocycles. The van der Waals surface area contributed by atoms with Crippen LogP contribution in [0.5, 0.6) is 0 Å². The van der Waals surface area contributed by atoms with Crippen LogP contribution in [0.2, 0.25) is 0 Å². The lowest BCUT2D eigenvalue weighted by atomic mass is 10.0. The van der Waals surface area contributed by atoms with Crippen LogP contribution in [0.15, 0.2) is 48.5 Å². The number of carbonyl (C=O) groups is 2. The van der Waals surface area contributed by atoms with Crippen LogP contribution in [0.1, 0.15) is 34.3 Å². The molecule has 2 aromatic carbocycles. The molecule has 0 saturated heterocycles. The molecule has 0 aliphatic carbocycles. The first-order chi connectivity index (χ1) is 11.6. The van der Waals surface area contributed by atoms with Gasteiger partial charge < -0.3 is 10.2 Å². The second-order valence-electron chi connectivity index (χ2n) is 6.15. The number of hydrogen-bond donors (Lipinski definition) is 1. The van der Waals surface area contributed by atoms with Gasteiger partial charge in [0.2, 0.25) is 5.91 Å². The first-order valence-electron chi connectivity index (χ1n) is 8.38. The van der Waals surface area contributed by atoms with Crippen LogP contribution in [0.4, 0.5) is 5.69 Å². The Morgan fingerprint density at radius 2 is 1.96 bits per heavy atom. The van der Waals surface area contributed by atoms with E-state index in [2.05, 4.69) is 11.4 Å². The number of hydrogen-bond acceptors (Lipinski definition) is 2. The zero-order valence-corrected chi connectivity index (χ0v) is 13.9. The zero-order chi connectivity index (χ0) is 16.9. The minimum Gasteiger partial charge on any atom is -0.352 e. The van der Waals surface area contributed by atoms with E-state index in [9.17, 15) is 9.59 Å². The van der Waals surface area contributed by atoms with Crippen molar-refractivity contribution in [2.24, 2.45) is 0 Å². The van der Waals surface area contributed by atoms with Gasteiger partial charge in [-0.15, -0.1) is 0 Å². The number of amides is 2. The van der Waals surface area contributed by atoms with Gasteiger partial charge in [-0.25, -0.2) is 0 Å². The van der Waals surface area contributed by atoms with Crippen LogP contribution in [0, 0.1) is 6.92 Å². The van der Waals surface area contributed by atoms with Crippen molar-refractivity contribution in [1.29, 1.82) is 0 Å². The van der Waals surface area contributed by atoms with Crippen molar-refractivity contribution in [2.45, 2.75) is 26.2 Å². The van der Waals surface area contributed by atoms with Crippen molar-refractivity contribution in [3.63, 3.8) is 0 Å². The molecule has 0 spiro atoms. The summed E-state index contributed by atoms with van der Waals surface area (Å²) in [5, 5.41) is 2.83. The maximum absolute atomic E-state index is 12.5. The minimum atomic E-state index is -0.134. The van der Waals surface area contributed by atoms with E-state index in [-0.39, 0.29) is 11.8 Å². The van der Waals surface area contributed by atoms with Crippen molar-refractivity contribution in [3.8, 4) is 0 Å². The van der Waals surface area contributed by atoms with Gasteiger partial charge in [0, 0.05) is 30.8 Å². The lowest BCUT2D eigenvalue weighted by Gasteiger charge is -2.29. The van der Waals surface area contributed by atoms with Gasteiger partial charge in [0.05, 0.1) is 0 Å². The summed E-state index contributed by atoms with van der Waals surface area (Å²) in [7, 11) is 0. The molecule has 1 N–H and O–H groups in total. The SMILES string of the molecule is Cc1cccc(C(=O)NCCC(=O)N2CCCc3ccccc32)c1. The second-order valence-corrected chi connectivity index (χ2v) is 6.15. The smallest absolute Gasteiger partial charge is 0.251 e. The third-order valence-corrected chi connectivity index (χ3v) is 4.32. The van der Waals surface area contributed by atoms with Crippen LogP contribution in [-0.2, 0) is 11.2 Å². The highest BCUT2D eigenvalue weighted by atomic mass is 16.2. The largest absolute Gasteiger partial charge is 0.352 e. The summed E-state index contributed by atoms with van der Waals surface area (Å²) in [5.41, 5.74) is 3.91. The highest BCUT2D eigenvalue weighted by Gasteiger charge is 2.21. The monoisotopic (exact) mass is 322 g/mol. The average Bonchev–Trinajstić information content (AvgIpc) is 2.61. The maximum Gasteiger partial charge on any atom is 0.251 e. The molecule has 0 atom stereocenters. The highest BCUT2D eigenvalue weighted by molar-refractivity contribution is 5.96. The van der Waals surface area contributed by atoms with E-state index in [0.29, 0.717) is 18.5 Å². The van der Waals surface area contributed by atoms with Crippen LogP contribution in [0.25, 0.3) is 0 Å². The van der Waals surface area contributed by atoms with Gasteiger partial charge in [0.1, 0.15) is 0 Å². The van der Waals surface area contributed by atoms with Gasteiger partial charge >= 0.3 is 0 Å². The summed E-state index contributed by atoms with van der Waals surface area (Å²) in [6, 6.07) is 15.5. The van der Waals surface area contributed by atoms with Crippen LogP contribution in [0.3, 0.4) is 0 Å². The van der Waals surface area contributed by atoms with E-state index in [1.807, 2.05) is 48.2 Å². The topological polar surface area (TPSA) is 49.4 Å². The molecule has 1 heterocycles. The molecular weight excluding hydrogens is 300 g/mol. The molecule has 124 valence electrons. The minimum absolute atomic E-state index is 0.0618. The Balaban J connectivity index is 1.56. The third kappa shape index (κ3) is 3.65. The van der Waals surface area contributed by atoms with Gasteiger partial charge in [0.15, 0.2) is 0 Å². The number of nitrogens with zero attached hydrogens (tertiary/aromatic N) is 1. The summed E-state index contributed by atoms with van der Waals surface area (Å²) in [4.78, 5) is 26.5. The summed E-state index contributed by atoms with van der Waals surface area (Å²) in [6.07, 6.45) is 2.31. The Hall–Kier alpha value is -2.62. The molecule has 0 radical (unpaired) electrons. The second kappa shape index (κ2) is 7.30. The quantitative estimate of drug-likeness (QED) is 0.940. The first kappa shape index (κ1) is 16.2. The number of anilines is 1. The molecule has 0 unspecified atom stereocenters. The fourth-order valence-electron chi connectivity index (χ4n) is 3.10. The predicted molar refractivity (Wildman–Crippen MR) is 95.2 cm³/mol. The standard InChI is InChI=1S/C20H22N2O2/c1-15-6-4-8-17(14-15)20(24)21-12-11-19(23)22-13-5-9-16-7-2-3-10-18(16)22/h2-4,6-8,10,14H,5,9,11-13H2,1H3,(H,21,24). The molecule has 4 heteroatoms. The lowest BCUT2D eigenvalue weighted by Crippen LogP contribution is -2.37. The summed E-state index contributed by atoms with van der Waals surface area (Å²) in [5.74, 6) is -0.0720. The third-order valence-electron chi connectivity index (χ3n) is 4.32. The molecule has 1 aliphatic rings. The molecule has 3 rings (SSSR count). The normalized spacial score (nSPS) is 13.3. The van der Waals surface area contributed by atoms with Gasteiger partial charge in [0.25, 0.3) is 5.91 Å². The maximum atomic E-state index is 12.5. The molecule has 4 nitrogen and oxygen atoms in total. The zero-order valence-electron chi connectivity index (χ0n) is 13.9. The van der Waals surface area contributed by atoms with Gasteiger partial charge in [-0.05, 0) is 43.5 Å². The number of carbonyl (C=O) groups excluding carboxylic acids is 2. The molecular formula is C20H22N2O2. The van der Waals surface area contributed by atoms with Crippen LogP contribution >= 0.6 is 0 Å². The number of rotatable bonds is 4. The fourth-order valence-corrected chi connectivity index (χ4v) is 3.10. The van der Waals surface area contributed by atoms with Crippen LogP contribution < -0.4 is 10.2 Å². The van der Waals surface area contributed by atoms with E-state index in [4.69, 9.17) is 0 Å². The number of fused-ring (bicyclic) bond motifs is 1. The summed E-state index contributed by atoms with van der Waals surface area (Å²) < 4.78 is 0. The van der Waals surface area contributed by atoms with Crippen molar-refractivity contribution >= 4 is 17.5 Å². The number of para-hydroxylation sites is 1. The first-order valence-corrected chi connectivity index (χ1v) is 8.38. The Bertz CT molecular complexity index is 755.